The maximum Gasteiger partial charge on any atom is 0.255 e. The summed E-state index contributed by atoms with van der Waals surface area (Å²) in [5, 5.41) is 2.89. The topological polar surface area (TPSA) is 38.3 Å². The van der Waals surface area contributed by atoms with E-state index in [4.69, 9.17) is 4.74 Å². The van der Waals surface area contributed by atoms with E-state index in [1.807, 2.05) is 12.1 Å². The van der Waals surface area contributed by atoms with Crippen LogP contribution in [0.25, 0.3) is 0 Å². The first-order valence-electron chi connectivity index (χ1n) is 7.36. The van der Waals surface area contributed by atoms with Gasteiger partial charge in [0.25, 0.3) is 5.91 Å². The summed E-state index contributed by atoms with van der Waals surface area (Å²) >= 11 is 0. The Morgan fingerprint density at radius 1 is 1.09 bits per heavy atom. The molecule has 0 aliphatic rings. The molecule has 0 saturated carbocycles. The lowest BCUT2D eigenvalue weighted by atomic mass is 10.1. The number of rotatable bonds is 7. The molecular formula is C18H20FNO2. The van der Waals surface area contributed by atoms with Gasteiger partial charge in [0.15, 0.2) is 0 Å². The lowest BCUT2D eigenvalue weighted by molar-refractivity contribution is 0.0950. The van der Waals surface area contributed by atoms with Crippen molar-refractivity contribution in [1.82, 2.24) is 5.32 Å². The number of hydrogen-bond acceptors (Lipinski definition) is 2. The third kappa shape index (κ3) is 4.58. The van der Waals surface area contributed by atoms with Gasteiger partial charge in [0.1, 0.15) is 11.6 Å². The Morgan fingerprint density at radius 2 is 1.82 bits per heavy atom. The number of methoxy groups -OCH3 is 1. The van der Waals surface area contributed by atoms with Crippen molar-refractivity contribution in [2.75, 3.05) is 13.7 Å². The maximum absolute atomic E-state index is 12.8. The van der Waals surface area contributed by atoms with Crippen LogP contribution in [0.4, 0.5) is 4.39 Å². The van der Waals surface area contributed by atoms with Crippen LogP contribution in [0, 0.1) is 5.82 Å². The largest absolute Gasteiger partial charge is 0.496 e. The van der Waals surface area contributed by atoms with Crippen LogP contribution >= 0.6 is 0 Å². The zero-order valence-corrected chi connectivity index (χ0v) is 12.6. The molecule has 0 spiro atoms. The highest BCUT2D eigenvalue weighted by Gasteiger charge is 2.10. The van der Waals surface area contributed by atoms with Crippen molar-refractivity contribution in [3.63, 3.8) is 0 Å². The summed E-state index contributed by atoms with van der Waals surface area (Å²) in [6.45, 7) is 0.609. The van der Waals surface area contributed by atoms with E-state index in [0.717, 1.165) is 24.8 Å². The molecule has 0 aromatic heterocycles. The summed E-state index contributed by atoms with van der Waals surface area (Å²) in [6, 6.07) is 13.7. The molecule has 4 heteroatoms. The molecule has 2 rings (SSSR count). The van der Waals surface area contributed by atoms with Crippen molar-refractivity contribution in [2.24, 2.45) is 0 Å². The minimum atomic E-state index is -0.215. The molecule has 116 valence electrons. The number of ether oxygens (including phenoxy) is 1. The normalized spacial score (nSPS) is 10.3. The number of para-hydroxylation sites is 1. The van der Waals surface area contributed by atoms with Crippen LogP contribution in [-0.2, 0) is 6.42 Å². The van der Waals surface area contributed by atoms with Gasteiger partial charge < -0.3 is 10.1 Å². The zero-order chi connectivity index (χ0) is 15.8. The third-order valence-corrected chi connectivity index (χ3v) is 3.44. The SMILES string of the molecule is COc1ccccc1C(=O)NCCCCc1ccc(F)cc1. The standard InChI is InChI=1S/C18H20FNO2/c1-22-17-8-3-2-7-16(17)18(21)20-13-5-4-6-14-9-11-15(19)12-10-14/h2-3,7-12H,4-6,13H2,1H3,(H,20,21). The van der Waals surface area contributed by atoms with Gasteiger partial charge in [0.2, 0.25) is 0 Å². The molecule has 2 aromatic carbocycles. The molecule has 1 N–H and O–H groups in total. The van der Waals surface area contributed by atoms with Crippen LogP contribution in [0.5, 0.6) is 5.75 Å². The van der Waals surface area contributed by atoms with E-state index in [2.05, 4.69) is 5.32 Å². The number of unbranched alkanes of at least 4 members (excludes halogenated alkanes) is 1. The van der Waals surface area contributed by atoms with Gasteiger partial charge in [-0.2, -0.15) is 0 Å². The molecule has 2 aromatic rings. The van der Waals surface area contributed by atoms with Crippen molar-refractivity contribution in [1.29, 1.82) is 0 Å². The first kappa shape index (κ1) is 16.0. The van der Waals surface area contributed by atoms with Gasteiger partial charge in [0.05, 0.1) is 12.7 Å². The average Bonchev–Trinajstić information content (AvgIpc) is 2.56. The van der Waals surface area contributed by atoms with Crippen molar-refractivity contribution in [3.8, 4) is 5.75 Å². The smallest absolute Gasteiger partial charge is 0.255 e. The van der Waals surface area contributed by atoms with Gasteiger partial charge in [-0.15, -0.1) is 0 Å². The number of hydrogen-bond donors (Lipinski definition) is 1. The minimum absolute atomic E-state index is 0.126. The second-order valence-electron chi connectivity index (χ2n) is 5.04. The Hall–Kier alpha value is -2.36. The molecule has 0 bridgehead atoms. The van der Waals surface area contributed by atoms with E-state index >= 15 is 0 Å². The van der Waals surface area contributed by atoms with E-state index in [9.17, 15) is 9.18 Å². The van der Waals surface area contributed by atoms with Crippen molar-refractivity contribution < 1.29 is 13.9 Å². The van der Waals surface area contributed by atoms with Gasteiger partial charge >= 0.3 is 0 Å². The number of aryl methyl sites for hydroxylation is 1. The summed E-state index contributed by atoms with van der Waals surface area (Å²) in [6.07, 6.45) is 2.70. The van der Waals surface area contributed by atoms with E-state index in [-0.39, 0.29) is 11.7 Å². The quantitative estimate of drug-likeness (QED) is 0.794. The molecular weight excluding hydrogens is 281 g/mol. The molecule has 3 nitrogen and oxygen atoms in total. The van der Waals surface area contributed by atoms with Crippen LogP contribution in [0.2, 0.25) is 0 Å². The fourth-order valence-electron chi connectivity index (χ4n) is 2.23. The molecule has 0 heterocycles. The Morgan fingerprint density at radius 3 is 2.55 bits per heavy atom. The Labute approximate surface area is 130 Å². The lowest BCUT2D eigenvalue weighted by Gasteiger charge is -2.09. The van der Waals surface area contributed by atoms with Gasteiger partial charge in [-0.05, 0) is 49.1 Å². The molecule has 1 amide bonds. The Kier molecular flexibility index (Phi) is 5.95. The molecule has 0 saturated heterocycles. The van der Waals surface area contributed by atoms with Gasteiger partial charge in [0, 0.05) is 6.54 Å². The molecule has 0 atom stereocenters. The molecule has 0 unspecified atom stereocenters. The number of nitrogens with one attached hydrogen (secondary N) is 1. The Balaban J connectivity index is 1.72. The predicted octanol–water partition coefficient (Wildman–Crippen LogP) is 3.59. The fourth-order valence-corrected chi connectivity index (χ4v) is 2.23. The molecule has 22 heavy (non-hydrogen) atoms. The van der Waals surface area contributed by atoms with Gasteiger partial charge in [-0.25, -0.2) is 4.39 Å². The summed E-state index contributed by atoms with van der Waals surface area (Å²) < 4.78 is 18.0. The van der Waals surface area contributed by atoms with E-state index in [1.54, 1.807) is 31.4 Å². The summed E-state index contributed by atoms with van der Waals surface area (Å²) in [7, 11) is 1.55. The highest BCUT2D eigenvalue weighted by Crippen LogP contribution is 2.16. The van der Waals surface area contributed by atoms with Crippen LogP contribution in [0.15, 0.2) is 48.5 Å². The van der Waals surface area contributed by atoms with Crippen LogP contribution in [0.1, 0.15) is 28.8 Å². The molecule has 0 radical (unpaired) electrons. The second kappa shape index (κ2) is 8.17. The first-order valence-corrected chi connectivity index (χ1v) is 7.36. The van der Waals surface area contributed by atoms with Crippen molar-refractivity contribution in [2.45, 2.75) is 19.3 Å². The zero-order valence-electron chi connectivity index (χ0n) is 12.6. The van der Waals surface area contributed by atoms with E-state index in [1.165, 1.54) is 12.1 Å². The van der Waals surface area contributed by atoms with Crippen LogP contribution in [-0.4, -0.2) is 19.6 Å². The number of carbonyl (C=O) groups is 1. The number of benzene rings is 2. The van der Waals surface area contributed by atoms with Crippen LogP contribution < -0.4 is 10.1 Å². The summed E-state index contributed by atoms with van der Waals surface area (Å²) in [4.78, 5) is 12.1. The van der Waals surface area contributed by atoms with Gasteiger partial charge in [-0.3, -0.25) is 4.79 Å². The summed E-state index contributed by atoms with van der Waals surface area (Å²) in [5.41, 5.74) is 1.65. The maximum atomic E-state index is 12.8. The van der Waals surface area contributed by atoms with Gasteiger partial charge in [-0.1, -0.05) is 24.3 Å². The van der Waals surface area contributed by atoms with E-state index in [0.29, 0.717) is 17.9 Å². The average molecular weight is 301 g/mol. The first-order chi connectivity index (χ1) is 10.7. The molecule has 0 aliphatic heterocycles. The number of carbonyl (C=O) groups excluding carboxylic acids is 1. The summed E-state index contributed by atoms with van der Waals surface area (Å²) in [5.74, 6) is 0.235. The fraction of sp³-hybridized carbons (Fsp3) is 0.278. The predicted molar refractivity (Wildman–Crippen MR) is 84.7 cm³/mol. The minimum Gasteiger partial charge on any atom is -0.496 e. The van der Waals surface area contributed by atoms with Crippen molar-refractivity contribution >= 4 is 5.91 Å². The highest BCUT2D eigenvalue weighted by molar-refractivity contribution is 5.96. The Bertz CT molecular complexity index is 611. The monoisotopic (exact) mass is 301 g/mol. The van der Waals surface area contributed by atoms with E-state index < -0.39 is 0 Å². The lowest BCUT2D eigenvalue weighted by Crippen LogP contribution is -2.24. The third-order valence-electron chi connectivity index (χ3n) is 3.44. The second-order valence-corrected chi connectivity index (χ2v) is 5.04. The molecule has 0 aliphatic carbocycles. The number of amides is 1. The van der Waals surface area contributed by atoms with Crippen LogP contribution in [0.3, 0.4) is 0 Å². The number of halogens is 1. The molecule has 0 fully saturated rings. The highest BCUT2D eigenvalue weighted by atomic mass is 19.1. The van der Waals surface area contributed by atoms with Crippen molar-refractivity contribution in [3.05, 3.63) is 65.5 Å².